The maximum Gasteiger partial charge on any atom is 0.253 e. The van der Waals surface area contributed by atoms with Crippen molar-refractivity contribution in [2.24, 2.45) is 5.92 Å². The highest BCUT2D eigenvalue weighted by Crippen LogP contribution is 2.22. The third kappa shape index (κ3) is 6.22. The standard InChI is InChI=1S/C21H27N3O2.ClH/c1-22-11-6-17-9-14-24(15-10-17)21(25)19-2-4-20(5-3-19)26-16-18-7-12-23-13-8-18;/h2-5,7-8,12-13,17,22H,6,9-11,14-16H2,1H3;1H. The molecule has 1 aliphatic heterocycles. The van der Waals surface area contributed by atoms with Gasteiger partial charge in [0.15, 0.2) is 0 Å². The second-order valence-electron chi connectivity index (χ2n) is 6.80. The van der Waals surface area contributed by atoms with Gasteiger partial charge >= 0.3 is 0 Å². The van der Waals surface area contributed by atoms with Gasteiger partial charge in [0.05, 0.1) is 0 Å². The van der Waals surface area contributed by atoms with Crippen LogP contribution in [0.1, 0.15) is 35.2 Å². The fourth-order valence-electron chi connectivity index (χ4n) is 3.30. The molecule has 146 valence electrons. The number of carbonyl (C=O) groups is 1. The first-order chi connectivity index (χ1) is 12.8. The Kier molecular flexibility index (Phi) is 8.55. The summed E-state index contributed by atoms with van der Waals surface area (Å²) in [5.74, 6) is 1.62. The first kappa shape index (κ1) is 21.2. The number of carbonyl (C=O) groups excluding carboxylic acids is 1. The molecule has 5 nitrogen and oxygen atoms in total. The van der Waals surface area contributed by atoms with Crippen LogP contribution in [0.5, 0.6) is 5.75 Å². The van der Waals surface area contributed by atoms with Gasteiger partial charge in [-0.1, -0.05) is 0 Å². The Labute approximate surface area is 167 Å². The Hall–Kier alpha value is -2.11. The molecule has 27 heavy (non-hydrogen) atoms. The fraction of sp³-hybridized carbons (Fsp3) is 0.429. The predicted molar refractivity (Wildman–Crippen MR) is 109 cm³/mol. The molecule has 0 saturated carbocycles. The van der Waals surface area contributed by atoms with Crippen LogP contribution in [0.2, 0.25) is 0 Å². The van der Waals surface area contributed by atoms with E-state index in [0.717, 1.165) is 55.3 Å². The van der Waals surface area contributed by atoms with Gasteiger partial charge in [-0.3, -0.25) is 9.78 Å². The second kappa shape index (κ2) is 10.9. The average Bonchev–Trinajstić information content (AvgIpc) is 2.72. The summed E-state index contributed by atoms with van der Waals surface area (Å²) in [7, 11) is 1.99. The summed E-state index contributed by atoms with van der Waals surface area (Å²) >= 11 is 0. The zero-order valence-corrected chi connectivity index (χ0v) is 16.6. The molecule has 0 aliphatic carbocycles. The first-order valence-electron chi connectivity index (χ1n) is 9.32. The van der Waals surface area contributed by atoms with E-state index in [4.69, 9.17) is 4.74 Å². The summed E-state index contributed by atoms with van der Waals surface area (Å²) in [6.07, 6.45) is 6.90. The van der Waals surface area contributed by atoms with E-state index >= 15 is 0 Å². The lowest BCUT2D eigenvalue weighted by Crippen LogP contribution is -2.38. The molecule has 3 rings (SSSR count). The van der Waals surface area contributed by atoms with Crippen LogP contribution < -0.4 is 10.1 Å². The molecule has 0 unspecified atom stereocenters. The van der Waals surface area contributed by atoms with Crippen LogP contribution in [0, 0.1) is 5.92 Å². The zero-order chi connectivity index (χ0) is 18.2. The van der Waals surface area contributed by atoms with Crippen LogP contribution in [0.4, 0.5) is 0 Å². The maximum atomic E-state index is 12.7. The number of ether oxygens (including phenoxy) is 1. The Balaban J connectivity index is 0.00000261. The molecule has 1 fully saturated rings. The van der Waals surface area contributed by atoms with Gasteiger partial charge in [0.1, 0.15) is 12.4 Å². The van der Waals surface area contributed by atoms with E-state index in [0.29, 0.717) is 6.61 Å². The van der Waals surface area contributed by atoms with E-state index in [1.807, 2.05) is 48.3 Å². The van der Waals surface area contributed by atoms with E-state index < -0.39 is 0 Å². The van der Waals surface area contributed by atoms with Crippen molar-refractivity contribution < 1.29 is 9.53 Å². The number of hydrogen-bond donors (Lipinski definition) is 1. The molecule has 0 atom stereocenters. The first-order valence-corrected chi connectivity index (χ1v) is 9.32. The molecule has 1 N–H and O–H groups in total. The molecule has 6 heteroatoms. The number of aromatic nitrogens is 1. The van der Waals surface area contributed by atoms with Crippen molar-refractivity contribution in [3.63, 3.8) is 0 Å². The summed E-state index contributed by atoms with van der Waals surface area (Å²) < 4.78 is 5.77. The number of benzene rings is 1. The molecule has 1 aromatic carbocycles. The summed E-state index contributed by atoms with van der Waals surface area (Å²) in [6.45, 7) is 3.26. The quantitative estimate of drug-likeness (QED) is 0.786. The van der Waals surface area contributed by atoms with Gasteiger partial charge in [0.25, 0.3) is 5.91 Å². The molecule has 0 spiro atoms. The monoisotopic (exact) mass is 389 g/mol. The third-order valence-electron chi connectivity index (χ3n) is 4.96. The lowest BCUT2D eigenvalue weighted by atomic mass is 9.93. The number of nitrogens with zero attached hydrogens (tertiary/aromatic N) is 2. The molecule has 1 saturated heterocycles. The minimum absolute atomic E-state index is 0. The maximum absolute atomic E-state index is 12.7. The highest BCUT2D eigenvalue weighted by Gasteiger charge is 2.23. The predicted octanol–water partition coefficient (Wildman–Crippen LogP) is 3.54. The highest BCUT2D eigenvalue weighted by molar-refractivity contribution is 5.94. The van der Waals surface area contributed by atoms with Gasteiger partial charge in [-0.05, 0) is 80.7 Å². The smallest absolute Gasteiger partial charge is 0.253 e. The topological polar surface area (TPSA) is 54.5 Å². The normalized spacial score (nSPS) is 14.5. The lowest BCUT2D eigenvalue weighted by molar-refractivity contribution is 0.0687. The molecule has 1 aromatic heterocycles. The minimum atomic E-state index is 0. The van der Waals surface area contributed by atoms with Crippen molar-refractivity contribution in [1.29, 1.82) is 0 Å². The molecule has 1 amide bonds. The summed E-state index contributed by atoms with van der Waals surface area (Å²) in [5, 5.41) is 3.21. The summed E-state index contributed by atoms with van der Waals surface area (Å²) in [6, 6.07) is 11.3. The number of halogens is 1. The number of rotatable bonds is 7. The van der Waals surface area contributed by atoms with Crippen molar-refractivity contribution in [3.8, 4) is 5.75 Å². The highest BCUT2D eigenvalue weighted by atomic mass is 35.5. The average molecular weight is 390 g/mol. The Bertz CT molecular complexity index is 686. The number of amides is 1. The summed E-state index contributed by atoms with van der Waals surface area (Å²) in [5.41, 5.74) is 1.80. The number of hydrogen-bond acceptors (Lipinski definition) is 4. The number of pyridine rings is 1. The van der Waals surface area contributed by atoms with Crippen LogP contribution in [0.25, 0.3) is 0 Å². The molecule has 0 bridgehead atoms. The van der Waals surface area contributed by atoms with Gasteiger partial charge in [-0.25, -0.2) is 0 Å². The van der Waals surface area contributed by atoms with E-state index in [2.05, 4.69) is 10.3 Å². The Morgan fingerprint density at radius 3 is 2.44 bits per heavy atom. The zero-order valence-electron chi connectivity index (χ0n) is 15.8. The molecule has 2 aromatic rings. The van der Waals surface area contributed by atoms with Gasteiger partial charge in [0.2, 0.25) is 0 Å². The van der Waals surface area contributed by atoms with Crippen molar-refractivity contribution in [1.82, 2.24) is 15.2 Å². The van der Waals surface area contributed by atoms with Crippen LogP contribution in [0.15, 0.2) is 48.8 Å². The fourth-order valence-corrected chi connectivity index (χ4v) is 3.30. The van der Waals surface area contributed by atoms with Crippen LogP contribution in [-0.4, -0.2) is 42.5 Å². The molecule has 2 heterocycles. The number of nitrogens with one attached hydrogen (secondary N) is 1. The van der Waals surface area contributed by atoms with Crippen molar-refractivity contribution in [2.75, 3.05) is 26.7 Å². The van der Waals surface area contributed by atoms with E-state index in [1.165, 1.54) is 6.42 Å². The van der Waals surface area contributed by atoms with E-state index in [9.17, 15) is 4.79 Å². The van der Waals surface area contributed by atoms with Crippen LogP contribution in [0.3, 0.4) is 0 Å². The van der Waals surface area contributed by atoms with Gasteiger partial charge < -0.3 is 15.0 Å². The van der Waals surface area contributed by atoms with E-state index in [1.54, 1.807) is 12.4 Å². The number of likely N-dealkylation sites (tertiary alicyclic amines) is 1. The molecule has 0 radical (unpaired) electrons. The van der Waals surface area contributed by atoms with Crippen LogP contribution in [-0.2, 0) is 6.61 Å². The van der Waals surface area contributed by atoms with Gasteiger partial charge in [0, 0.05) is 31.0 Å². The number of piperidine rings is 1. The van der Waals surface area contributed by atoms with Crippen molar-refractivity contribution in [3.05, 3.63) is 59.9 Å². The van der Waals surface area contributed by atoms with Crippen molar-refractivity contribution in [2.45, 2.75) is 25.9 Å². The Morgan fingerprint density at radius 2 is 1.81 bits per heavy atom. The molecular formula is C21H28ClN3O2. The van der Waals surface area contributed by atoms with Crippen molar-refractivity contribution >= 4 is 18.3 Å². The summed E-state index contributed by atoms with van der Waals surface area (Å²) in [4.78, 5) is 18.6. The van der Waals surface area contributed by atoms with Gasteiger partial charge in [-0.2, -0.15) is 0 Å². The minimum Gasteiger partial charge on any atom is -0.489 e. The van der Waals surface area contributed by atoms with Gasteiger partial charge in [-0.15, -0.1) is 12.4 Å². The largest absolute Gasteiger partial charge is 0.489 e. The second-order valence-corrected chi connectivity index (χ2v) is 6.80. The molecular weight excluding hydrogens is 362 g/mol. The third-order valence-corrected chi connectivity index (χ3v) is 4.96. The Morgan fingerprint density at radius 1 is 1.15 bits per heavy atom. The van der Waals surface area contributed by atoms with E-state index in [-0.39, 0.29) is 18.3 Å². The lowest BCUT2D eigenvalue weighted by Gasteiger charge is -2.32. The molecule has 1 aliphatic rings. The van der Waals surface area contributed by atoms with Crippen LogP contribution >= 0.6 is 12.4 Å². The SMILES string of the molecule is CNCCC1CCN(C(=O)c2ccc(OCc3ccncc3)cc2)CC1.Cl.